The van der Waals surface area contributed by atoms with Crippen LogP contribution in [0.25, 0.3) is 28.1 Å². The Hall–Kier alpha value is -4.00. The van der Waals surface area contributed by atoms with Crippen molar-refractivity contribution in [3.8, 4) is 11.1 Å². The number of allylic oxidation sites excluding steroid dienone is 1. The molecule has 0 bridgehead atoms. The molecule has 7 heteroatoms. The van der Waals surface area contributed by atoms with Crippen LogP contribution in [0.1, 0.15) is 39.7 Å². The first-order chi connectivity index (χ1) is 16.6. The van der Waals surface area contributed by atoms with Crippen LogP contribution in [0.3, 0.4) is 0 Å². The van der Waals surface area contributed by atoms with E-state index in [1.165, 1.54) is 12.1 Å². The maximum absolute atomic E-state index is 13.2. The fraction of sp³-hybridized carbons (Fsp3) is 0.179. The highest BCUT2D eigenvalue weighted by Crippen LogP contribution is 2.30. The van der Waals surface area contributed by atoms with Gasteiger partial charge in [-0.2, -0.15) is 13.2 Å². The average Bonchev–Trinajstić information content (AvgIpc) is 2.83. The van der Waals surface area contributed by atoms with Crippen LogP contribution in [-0.4, -0.2) is 15.3 Å². The van der Waals surface area contributed by atoms with E-state index in [4.69, 9.17) is 0 Å². The predicted molar refractivity (Wildman–Crippen MR) is 131 cm³/mol. The second-order valence-electron chi connectivity index (χ2n) is 8.42. The zero-order valence-electron chi connectivity index (χ0n) is 19.5. The zero-order valence-corrected chi connectivity index (χ0v) is 19.5. The monoisotopic (exact) mass is 476 g/mol. The van der Waals surface area contributed by atoms with E-state index in [0.29, 0.717) is 16.7 Å². The van der Waals surface area contributed by atoms with Crippen LogP contribution in [0.2, 0.25) is 0 Å². The number of fused-ring (bicyclic) bond motifs is 1. The summed E-state index contributed by atoms with van der Waals surface area (Å²) >= 11 is 0. The van der Waals surface area contributed by atoms with Gasteiger partial charge in [0.2, 0.25) is 0 Å². The lowest BCUT2D eigenvalue weighted by molar-refractivity contribution is -0.137. The van der Waals surface area contributed by atoms with E-state index in [0.717, 1.165) is 34.3 Å². The molecular formula is C28H23F3N2O2. The fourth-order valence-corrected chi connectivity index (χ4v) is 4.06. The lowest BCUT2D eigenvalue weighted by atomic mass is 9.94. The molecule has 4 rings (SSSR count). The van der Waals surface area contributed by atoms with Crippen LogP contribution >= 0.6 is 0 Å². The Balaban J connectivity index is 1.72. The summed E-state index contributed by atoms with van der Waals surface area (Å²) in [5.41, 5.74) is 3.01. The maximum Gasteiger partial charge on any atom is 0.416 e. The van der Waals surface area contributed by atoms with Gasteiger partial charge in [0.15, 0.2) is 5.78 Å². The molecule has 0 amide bonds. The summed E-state index contributed by atoms with van der Waals surface area (Å²) in [5.74, 6) is -0.432. The molecule has 35 heavy (non-hydrogen) atoms. The summed E-state index contributed by atoms with van der Waals surface area (Å²) < 4.78 is 40.7. The van der Waals surface area contributed by atoms with E-state index in [1.807, 2.05) is 32.1 Å². The number of carbonyl (C=O) groups excluding carboxylic acids is 1. The molecule has 0 unspecified atom stereocenters. The van der Waals surface area contributed by atoms with Gasteiger partial charge in [-0.05, 0) is 60.9 Å². The highest BCUT2D eigenvalue weighted by molar-refractivity contribution is 5.98. The molecule has 0 spiro atoms. The molecule has 0 saturated heterocycles. The largest absolute Gasteiger partial charge is 0.416 e. The molecule has 178 valence electrons. The zero-order chi connectivity index (χ0) is 25.3. The lowest BCUT2D eigenvalue weighted by Crippen LogP contribution is -2.19. The van der Waals surface area contributed by atoms with Gasteiger partial charge in [-0.25, -0.2) is 0 Å². The SMILES string of the molecule is C/C=C/c1cc2c(cn1)cc(-c1cc(CC(=O)c3cccc(C(F)(F)F)c3)ccc1C)c(=O)n2C. The number of ketones is 1. The third-order valence-electron chi connectivity index (χ3n) is 5.94. The summed E-state index contributed by atoms with van der Waals surface area (Å²) in [7, 11) is 1.70. The molecule has 4 nitrogen and oxygen atoms in total. The molecule has 2 heterocycles. The maximum atomic E-state index is 13.2. The van der Waals surface area contributed by atoms with Gasteiger partial charge in [0.1, 0.15) is 0 Å². The number of aryl methyl sites for hydroxylation is 2. The second-order valence-corrected chi connectivity index (χ2v) is 8.42. The molecule has 0 aliphatic heterocycles. The van der Waals surface area contributed by atoms with Crippen molar-refractivity contribution in [1.29, 1.82) is 0 Å². The number of nitrogens with zero attached hydrogens (tertiary/aromatic N) is 2. The Morgan fingerprint density at radius 3 is 2.54 bits per heavy atom. The topological polar surface area (TPSA) is 52.0 Å². The van der Waals surface area contributed by atoms with Crippen LogP contribution in [0.5, 0.6) is 0 Å². The Kier molecular flexibility index (Phi) is 6.43. The minimum absolute atomic E-state index is 0.00780. The second kappa shape index (κ2) is 9.33. The first-order valence-electron chi connectivity index (χ1n) is 11.0. The van der Waals surface area contributed by atoms with Gasteiger partial charge in [0, 0.05) is 36.2 Å². The predicted octanol–water partition coefficient (Wildman–Crippen LogP) is 6.39. The number of benzene rings is 2. The van der Waals surface area contributed by atoms with Gasteiger partial charge >= 0.3 is 6.18 Å². The van der Waals surface area contributed by atoms with Gasteiger partial charge < -0.3 is 4.57 Å². The average molecular weight is 476 g/mol. The van der Waals surface area contributed by atoms with Crippen LogP contribution in [0.15, 0.2) is 71.7 Å². The summed E-state index contributed by atoms with van der Waals surface area (Å²) in [6.45, 7) is 3.76. The smallest absolute Gasteiger partial charge is 0.311 e. The Labute approximate surface area is 200 Å². The Bertz CT molecular complexity index is 1530. The number of rotatable bonds is 5. The number of halogens is 3. The molecule has 0 radical (unpaired) electrons. The third kappa shape index (κ3) is 4.94. The molecule has 2 aromatic carbocycles. The summed E-state index contributed by atoms with van der Waals surface area (Å²) in [5, 5.41) is 0.792. The number of alkyl halides is 3. The van der Waals surface area contributed by atoms with Gasteiger partial charge in [0.05, 0.1) is 16.8 Å². The number of Topliss-reactive ketones (excluding diaryl/α,β-unsaturated/α-hetero) is 1. The van der Waals surface area contributed by atoms with Crippen molar-refractivity contribution in [2.24, 2.45) is 7.05 Å². The minimum Gasteiger partial charge on any atom is -0.311 e. The van der Waals surface area contributed by atoms with E-state index >= 15 is 0 Å². The van der Waals surface area contributed by atoms with E-state index < -0.39 is 17.5 Å². The van der Waals surface area contributed by atoms with Gasteiger partial charge in [-0.3, -0.25) is 14.6 Å². The van der Waals surface area contributed by atoms with Crippen molar-refractivity contribution in [2.75, 3.05) is 0 Å². The standard InChI is InChI=1S/C28H23F3N2O2/c1-4-6-22-15-25-20(16-32-22)14-24(27(35)33(25)3)23-11-18(10-9-17(23)2)12-26(34)19-7-5-8-21(13-19)28(29,30)31/h4-11,13-16H,12H2,1-3H3/b6-4+. The number of aromatic nitrogens is 2. The quantitative estimate of drug-likeness (QED) is 0.314. The van der Waals surface area contributed by atoms with Crippen molar-refractivity contribution in [1.82, 2.24) is 9.55 Å². The molecular weight excluding hydrogens is 453 g/mol. The van der Waals surface area contributed by atoms with E-state index in [9.17, 15) is 22.8 Å². The molecule has 0 fully saturated rings. The fourth-order valence-electron chi connectivity index (χ4n) is 4.06. The molecule has 0 N–H and O–H groups in total. The van der Waals surface area contributed by atoms with Crippen molar-refractivity contribution >= 4 is 22.8 Å². The summed E-state index contributed by atoms with van der Waals surface area (Å²) in [6.07, 6.45) is 0.829. The molecule has 0 aliphatic carbocycles. The van der Waals surface area contributed by atoms with Crippen LogP contribution < -0.4 is 5.56 Å². The van der Waals surface area contributed by atoms with Crippen molar-refractivity contribution < 1.29 is 18.0 Å². The summed E-state index contributed by atoms with van der Waals surface area (Å²) in [6, 6.07) is 13.3. The molecule has 4 aromatic rings. The van der Waals surface area contributed by atoms with Crippen molar-refractivity contribution in [3.63, 3.8) is 0 Å². The van der Waals surface area contributed by atoms with Crippen LogP contribution in [0.4, 0.5) is 13.2 Å². The van der Waals surface area contributed by atoms with Gasteiger partial charge in [0.25, 0.3) is 5.56 Å². The van der Waals surface area contributed by atoms with Crippen molar-refractivity contribution in [2.45, 2.75) is 26.4 Å². The number of pyridine rings is 2. The Morgan fingerprint density at radius 1 is 1.06 bits per heavy atom. The van der Waals surface area contributed by atoms with E-state index in [1.54, 1.807) is 42.1 Å². The molecule has 0 aliphatic rings. The normalized spacial score (nSPS) is 11.9. The van der Waals surface area contributed by atoms with Gasteiger partial charge in [-0.15, -0.1) is 0 Å². The highest BCUT2D eigenvalue weighted by Gasteiger charge is 2.30. The number of hydrogen-bond donors (Lipinski definition) is 0. The van der Waals surface area contributed by atoms with Crippen LogP contribution in [-0.2, 0) is 19.6 Å². The number of hydrogen-bond acceptors (Lipinski definition) is 3. The van der Waals surface area contributed by atoms with Crippen molar-refractivity contribution in [3.05, 3.63) is 105 Å². The first kappa shape index (κ1) is 24.1. The molecule has 0 atom stereocenters. The first-order valence-corrected chi connectivity index (χ1v) is 11.0. The summed E-state index contributed by atoms with van der Waals surface area (Å²) in [4.78, 5) is 30.4. The van der Waals surface area contributed by atoms with Gasteiger partial charge in [-0.1, -0.05) is 36.4 Å². The Morgan fingerprint density at radius 2 is 1.83 bits per heavy atom. The minimum atomic E-state index is -4.52. The lowest BCUT2D eigenvalue weighted by Gasteiger charge is -2.13. The van der Waals surface area contributed by atoms with E-state index in [-0.39, 0.29) is 17.5 Å². The highest BCUT2D eigenvalue weighted by atomic mass is 19.4. The van der Waals surface area contributed by atoms with Crippen LogP contribution in [0, 0.1) is 6.92 Å². The van der Waals surface area contributed by atoms with E-state index in [2.05, 4.69) is 4.98 Å². The molecule has 2 aromatic heterocycles. The third-order valence-corrected chi connectivity index (χ3v) is 5.94. The number of carbonyl (C=O) groups is 1. The molecule has 0 saturated carbocycles.